The van der Waals surface area contributed by atoms with E-state index < -0.39 is 0 Å². The van der Waals surface area contributed by atoms with E-state index in [9.17, 15) is 4.79 Å². The fourth-order valence-electron chi connectivity index (χ4n) is 1.33. The minimum absolute atomic E-state index is 0.247. The maximum atomic E-state index is 11.1. The highest BCUT2D eigenvalue weighted by Crippen LogP contribution is 2.30. The molecule has 0 spiro atoms. The topological polar surface area (TPSA) is 17.1 Å². The molecule has 1 aliphatic rings. The van der Waals surface area contributed by atoms with Crippen LogP contribution < -0.4 is 0 Å². The first-order chi connectivity index (χ1) is 5.20. The Morgan fingerprint density at radius 1 is 1.55 bits per heavy atom. The molecule has 0 atom stereocenters. The minimum atomic E-state index is 0.247. The minimum Gasteiger partial charge on any atom is -0.295 e. The summed E-state index contributed by atoms with van der Waals surface area (Å²) < 4.78 is 0. The number of carbonyl (C=O) groups is 1. The zero-order valence-electron chi connectivity index (χ0n) is 7.23. The molecular formula is C10H16O. The molecule has 0 aromatic heterocycles. The summed E-state index contributed by atoms with van der Waals surface area (Å²) in [6.07, 6.45) is 5.85. The second-order valence-electron chi connectivity index (χ2n) is 3.54. The summed E-state index contributed by atoms with van der Waals surface area (Å²) in [5.41, 5.74) is 0.712. The van der Waals surface area contributed by atoms with E-state index in [1.54, 1.807) is 6.92 Å². The van der Waals surface area contributed by atoms with Gasteiger partial charge in [0, 0.05) is 6.42 Å². The summed E-state index contributed by atoms with van der Waals surface area (Å²) in [4.78, 5) is 11.1. The molecule has 0 aromatic rings. The van der Waals surface area contributed by atoms with Gasteiger partial charge in [0.15, 0.2) is 5.78 Å². The molecule has 0 radical (unpaired) electrons. The van der Waals surface area contributed by atoms with E-state index in [2.05, 4.69) is 6.58 Å². The number of hydrogen-bond donors (Lipinski definition) is 0. The highest BCUT2D eigenvalue weighted by Gasteiger charge is 2.17. The van der Waals surface area contributed by atoms with E-state index in [0.717, 1.165) is 18.8 Å². The second kappa shape index (κ2) is 3.70. The van der Waals surface area contributed by atoms with E-state index in [1.807, 2.05) is 0 Å². The normalized spacial score (nSPS) is 17.5. The van der Waals surface area contributed by atoms with Crippen LogP contribution in [-0.2, 0) is 4.79 Å². The monoisotopic (exact) mass is 152 g/mol. The predicted molar refractivity (Wildman–Crippen MR) is 46.4 cm³/mol. The van der Waals surface area contributed by atoms with Crippen LogP contribution in [0.1, 0.15) is 39.0 Å². The maximum Gasteiger partial charge on any atom is 0.157 e. The third-order valence-electron chi connectivity index (χ3n) is 2.48. The van der Waals surface area contributed by atoms with Crippen LogP contribution in [0.4, 0.5) is 0 Å². The third-order valence-corrected chi connectivity index (χ3v) is 2.48. The first-order valence-corrected chi connectivity index (χ1v) is 4.39. The molecule has 0 amide bonds. The van der Waals surface area contributed by atoms with E-state index in [1.165, 1.54) is 19.3 Å². The number of rotatable bonds is 4. The van der Waals surface area contributed by atoms with E-state index in [-0.39, 0.29) is 5.78 Å². The molecule has 11 heavy (non-hydrogen) atoms. The summed E-state index contributed by atoms with van der Waals surface area (Å²) in [7, 11) is 0. The molecule has 1 fully saturated rings. The Labute approximate surface area is 68.5 Å². The Morgan fingerprint density at radius 2 is 2.18 bits per heavy atom. The van der Waals surface area contributed by atoms with Crippen molar-refractivity contribution in [3.05, 3.63) is 12.2 Å². The Bertz CT molecular complexity index is 166. The molecule has 0 unspecified atom stereocenters. The lowest BCUT2D eigenvalue weighted by Crippen LogP contribution is -2.12. The van der Waals surface area contributed by atoms with Crippen LogP contribution in [0.3, 0.4) is 0 Å². The first kappa shape index (κ1) is 8.51. The van der Waals surface area contributed by atoms with Gasteiger partial charge < -0.3 is 0 Å². The zero-order chi connectivity index (χ0) is 8.27. The highest BCUT2D eigenvalue weighted by atomic mass is 16.1. The predicted octanol–water partition coefficient (Wildman–Crippen LogP) is 2.71. The van der Waals surface area contributed by atoms with Crippen molar-refractivity contribution in [2.45, 2.75) is 39.0 Å². The van der Waals surface area contributed by atoms with Crippen molar-refractivity contribution in [3.8, 4) is 0 Å². The maximum absolute atomic E-state index is 11.1. The summed E-state index contributed by atoms with van der Waals surface area (Å²) in [6, 6.07) is 0. The molecule has 62 valence electrons. The van der Waals surface area contributed by atoms with Gasteiger partial charge in [0.25, 0.3) is 0 Å². The lowest BCUT2D eigenvalue weighted by molar-refractivity contribution is -0.115. The lowest BCUT2D eigenvalue weighted by Gasteiger charge is -2.24. The third kappa shape index (κ3) is 2.49. The van der Waals surface area contributed by atoms with Gasteiger partial charge >= 0.3 is 0 Å². The van der Waals surface area contributed by atoms with Crippen molar-refractivity contribution in [2.24, 2.45) is 5.92 Å². The largest absolute Gasteiger partial charge is 0.295 e. The molecule has 0 N–H and O–H groups in total. The molecule has 0 aromatic carbocycles. The van der Waals surface area contributed by atoms with Gasteiger partial charge in [-0.15, -0.1) is 0 Å². The van der Waals surface area contributed by atoms with Gasteiger partial charge in [0.1, 0.15) is 0 Å². The summed E-state index contributed by atoms with van der Waals surface area (Å²) >= 11 is 0. The van der Waals surface area contributed by atoms with Gasteiger partial charge in [-0.2, -0.15) is 0 Å². The van der Waals surface area contributed by atoms with Gasteiger partial charge in [0.05, 0.1) is 0 Å². The van der Waals surface area contributed by atoms with Gasteiger partial charge in [-0.3, -0.25) is 4.79 Å². The van der Waals surface area contributed by atoms with Crippen molar-refractivity contribution >= 4 is 5.78 Å². The average Bonchev–Trinajstić information content (AvgIpc) is 1.83. The van der Waals surface area contributed by atoms with E-state index >= 15 is 0 Å². The fourth-order valence-corrected chi connectivity index (χ4v) is 1.33. The van der Waals surface area contributed by atoms with Crippen molar-refractivity contribution in [3.63, 3.8) is 0 Å². The summed E-state index contributed by atoms with van der Waals surface area (Å²) in [6.45, 7) is 5.42. The molecule has 1 aliphatic carbocycles. The molecule has 1 nitrogen and oxygen atoms in total. The molecule has 0 saturated heterocycles. The molecular weight excluding hydrogens is 136 g/mol. The highest BCUT2D eigenvalue weighted by molar-refractivity contribution is 5.94. The lowest BCUT2D eigenvalue weighted by atomic mass is 9.81. The second-order valence-corrected chi connectivity index (χ2v) is 3.54. The van der Waals surface area contributed by atoms with Crippen molar-refractivity contribution < 1.29 is 4.79 Å². The number of allylic oxidation sites excluding steroid dienone is 1. The SMILES string of the molecule is C=C(C)C(=O)CCC1CCC1. The fraction of sp³-hybridized carbons (Fsp3) is 0.700. The standard InChI is InChI=1S/C10H16O/c1-8(2)10(11)7-6-9-4-3-5-9/h9H,1,3-7H2,2H3. The number of ketones is 1. The van der Waals surface area contributed by atoms with Gasteiger partial charge in [-0.05, 0) is 24.8 Å². The number of Topliss-reactive ketones (excluding diaryl/α,β-unsaturated/α-hetero) is 1. The van der Waals surface area contributed by atoms with Crippen LogP contribution >= 0.6 is 0 Å². The Kier molecular flexibility index (Phi) is 2.86. The van der Waals surface area contributed by atoms with Gasteiger partial charge in [-0.1, -0.05) is 25.8 Å². The van der Waals surface area contributed by atoms with Crippen LogP contribution in [0.2, 0.25) is 0 Å². The molecule has 1 saturated carbocycles. The van der Waals surface area contributed by atoms with E-state index in [4.69, 9.17) is 0 Å². The van der Waals surface area contributed by atoms with Crippen molar-refractivity contribution in [1.82, 2.24) is 0 Å². The molecule has 0 heterocycles. The summed E-state index contributed by atoms with van der Waals surface area (Å²) in [5.74, 6) is 1.09. The Morgan fingerprint density at radius 3 is 2.55 bits per heavy atom. The quantitative estimate of drug-likeness (QED) is 0.566. The molecule has 0 bridgehead atoms. The van der Waals surface area contributed by atoms with Gasteiger partial charge in [0.2, 0.25) is 0 Å². The number of hydrogen-bond acceptors (Lipinski definition) is 1. The molecule has 1 rings (SSSR count). The Hall–Kier alpha value is -0.590. The van der Waals surface area contributed by atoms with Crippen LogP contribution in [-0.4, -0.2) is 5.78 Å². The van der Waals surface area contributed by atoms with Crippen molar-refractivity contribution in [1.29, 1.82) is 0 Å². The van der Waals surface area contributed by atoms with Crippen LogP contribution in [0.25, 0.3) is 0 Å². The van der Waals surface area contributed by atoms with Crippen molar-refractivity contribution in [2.75, 3.05) is 0 Å². The average molecular weight is 152 g/mol. The van der Waals surface area contributed by atoms with Crippen LogP contribution in [0.5, 0.6) is 0 Å². The van der Waals surface area contributed by atoms with E-state index in [0.29, 0.717) is 5.57 Å². The summed E-state index contributed by atoms with van der Waals surface area (Å²) in [5, 5.41) is 0. The molecule has 0 aliphatic heterocycles. The number of carbonyl (C=O) groups excluding carboxylic acids is 1. The van der Waals surface area contributed by atoms with Gasteiger partial charge in [-0.25, -0.2) is 0 Å². The van der Waals surface area contributed by atoms with Crippen LogP contribution in [0.15, 0.2) is 12.2 Å². The Balaban J connectivity index is 2.10. The zero-order valence-corrected chi connectivity index (χ0v) is 7.23. The smallest absolute Gasteiger partial charge is 0.157 e. The first-order valence-electron chi connectivity index (χ1n) is 4.39. The molecule has 1 heteroatoms. The van der Waals surface area contributed by atoms with Crippen LogP contribution in [0, 0.1) is 5.92 Å².